The Morgan fingerprint density at radius 2 is 1.61 bits per heavy atom. The Bertz CT molecular complexity index is 1050. The zero-order chi connectivity index (χ0) is 22.1. The molecule has 1 unspecified atom stereocenters. The fraction of sp³-hybridized carbons (Fsp3) is 0.391. The molecule has 1 spiro atoms. The van der Waals surface area contributed by atoms with Gasteiger partial charge < -0.3 is 14.5 Å². The quantitative estimate of drug-likeness (QED) is 0.709. The zero-order valence-electron chi connectivity index (χ0n) is 17.4. The molecule has 0 radical (unpaired) electrons. The van der Waals surface area contributed by atoms with Gasteiger partial charge in [-0.15, -0.1) is 0 Å². The largest absolute Gasteiger partial charge is 0.481 e. The second-order valence-electron chi connectivity index (χ2n) is 8.07. The Morgan fingerprint density at radius 1 is 1.03 bits per heavy atom. The first-order valence-corrected chi connectivity index (χ1v) is 12.0. The van der Waals surface area contributed by atoms with Gasteiger partial charge in [-0.1, -0.05) is 48.5 Å². The molecule has 0 saturated carbocycles. The third-order valence-corrected chi connectivity index (χ3v) is 8.54. The minimum absolute atomic E-state index is 0.185. The van der Waals surface area contributed by atoms with E-state index in [1.165, 1.54) is 4.90 Å². The second kappa shape index (κ2) is 8.34. The van der Waals surface area contributed by atoms with Gasteiger partial charge in [0.15, 0.2) is 15.9 Å². The van der Waals surface area contributed by atoms with Gasteiger partial charge in [-0.25, -0.2) is 8.42 Å². The summed E-state index contributed by atoms with van der Waals surface area (Å²) in [4.78, 5) is 27.4. The van der Waals surface area contributed by atoms with Crippen molar-refractivity contribution >= 4 is 21.7 Å². The lowest BCUT2D eigenvalue weighted by Crippen LogP contribution is -2.57. The number of benzene rings is 2. The fourth-order valence-electron chi connectivity index (χ4n) is 4.44. The molecule has 2 heterocycles. The number of carbonyl (C=O) groups is 2. The van der Waals surface area contributed by atoms with Gasteiger partial charge in [0, 0.05) is 32.5 Å². The summed E-state index contributed by atoms with van der Waals surface area (Å²) in [6.45, 7) is 2.47. The van der Waals surface area contributed by atoms with Crippen molar-refractivity contribution in [2.75, 3.05) is 18.8 Å². The highest BCUT2D eigenvalue weighted by Gasteiger charge is 2.58. The molecule has 7 nitrogen and oxygen atoms in total. The predicted molar refractivity (Wildman–Crippen MR) is 116 cm³/mol. The molecule has 2 aliphatic rings. The maximum atomic E-state index is 13.0. The van der Waals surface area contributed by atoms with Crippen LogP contribution in [0.25, 0.3) is 0 Å². The summed E-state index contributed by atoms with van der Waals surface area (Å²) in [5, 5.41) is 0. The van der Waals surface area contributed by atoms with Crippen molar-refractivity contribution in [3.05, 3.63) is 66.2 Å². The van der Waals surface area contributed by atoms with Crippen LogP contribution in [0.15, 0.2) is 60.7 Å². The van der Waals surface area contributed by atoms with E-state index in [0.29, 0.717) is 5.75 Å². The zero-order valence-corrected chi connectivity index (χ0v) is 18.3. The molecule has 31 heavy (non-hydrogen) atoms. The topological polar surface area (TPSA) is 84.0 Å². The number of carbonyl (C=O) groups excluding carboxylic acids is 2. The molecule has 2 saturated heterocycles. The summed E-state index contributed by atoms with van der Waals surface area (Å²) < 4.78 is 31.8. The van der Waals surface area contributed by atoms with E-state index in [1.54, 1.807) is 24.0 Å². The van der Waals surface area contributed by atoms with E-state index in [4.69, 9.17) is 4.74 Å². The molecule has 164 valence electrons. The van der Waals surface area contributed by atoms with Gasteiger partial charge in [-0.2, -0.15) is 0 Å². The van der Waals surface area contributed by atoms with Crippen molar-refractivity contribution in [2.45, 2.75) is 37.3 Å². The molecule has 8 heteroatoms. The van der Waals surface area contributed by atoms with Crippen LogP contribution < -0.4 is 4.74 Å². The summed E-state index contributed by atoms with van der Waals surface area (Å²) in [6, 6.07) is 18.5. The summed E-state index contributed by atoms with van der Waals surface area (Å²) in [5.41, 5.74) is 0.885. The highest BCUT2D eigenvalue weighted by atomic mass is 32.2. The Labute approximate surface area is 182 Å². The monoisotopic (exact) mass is 442 g/mol. The minimum Gasteiger partial charge on any atom is -0.481 e. The fourth-order valence-corrected chi connectivity index (χ4v) is 6.49. The molecule has 2 aliphatic heterocycles. The van der Waals surface area contributed by atoms with Gasteiger partial charge in [0.2, 0.25) is 5.91 Å². The molecule has 4 rings (SSSR count). The maximum Gasteiger partial charge on any atom is 0.263 e. The van der Waals surface area contributed by atoms with E-state index in [0.717, 1.165) is 5.56 Å². The molecule has 2 aromatic carbocycles. The number of hydrogen-bond acceptors (Lipinski definition) is 5. The first-order chi connectivity index (χ1) is 14.8. The number of hydrogen-bond donors (Lipinski definition) is 0. The SMILES string of the molecule is CC(Oc1ccccc1)C(=O)N1CCC2(CC1)N(Cc1ccccc1)C(=O)CS2(=O)=O. The van der Waals surface area contributed by atoms with Crippen molar-refractivity contribution in [1.29, 1.82) is 0 Å². The van der Waals surface area contributed by atoms with Crippen LogP contribution in [-0.4, -0.2) is 59.8 Å². The van der Waals surface area contributed by atoms with Gasteiger partial charge >= 0.3 is 0 Å². The van der Waals surface area contributed by atoms with Crippen LogP contribution in [0.1, 0.15) is 25.3 Å². The number of para-hydroxylation sites is 1. The van der Waals surface area contributed by atoms with Crippen molar-refractivity contribution in [2.24, 2.45) is 0 Å². The standard InChI is InChI=1S/C23H26N2O5S/c1-18(30-20-10-6-3-7-11-20)22(27)24-14-12-23(13-15-24)25(21(26)17-31(23,28)29)16-19-8-4-2-5-9-19/h2-11,18H,12-17H2,1H3. The number of rotatable bonds is 5. The van der Waals surface area contributed by atoms with E-state index >= 15 is 0 Å². The van der Waals surface area contributed by atoms with Crippen LogP contribution in [0.3, 0.4) is 0 Å². The second-order valence-corrected chi connectivity index (χ2v) is 10.3. The van der Waals surface area contributed by atoms with Crippen LogP contribution in [-0.2, 0) is 26.0 Å². The van der Waals surface area contributed by atoms with Crippen LogP contribution in [0.5, 0.6) is 5.75 Å². The summed E-state index contributed by atoms with van der Waals surface area (Å²) in [7, 11) is -3.64. The van der Waals surface area contributed by atoms with Gasteiger partial charge in [0.05, 0.1) is 0 Å². The third kappa shape index (κ3) is 4.04. The van der Waals surface area contributed by atoms with Crippen LogP contribution in [0.4, 0.5) is 0 Å². The summed E-state index contributed by atoms with van der Waals surface area (Å²) in [6.07, 6.45) is -0.270. The average molecular weight is 443 g/mol. The molecule has 0 aromatic heterocycles. The Hall–Kier alpha value is -2.87. The minimum atomic E-state index is -3.64. The highest BCUT2D eigenvalue weighted by Crippen LogP contribution is 2.41. The van der Waals surface area contributed by atoms with Crippen molar-refractivity contribution in [3.8, 4) is 5.75 Å². The van der Waals surface area contributed by atoms with Crippen molar-refractivity contribution < 1.29 is 22.7 Å². The molecule has 0 N–H and O–H groups in total. The van der Waals surface area contributed by atoms with Crippen LogP contribution in [0.2, 0.25) is 0 Å². The van der Waals surface area contributed by atoms with Gasteiger partial charge in [-0.05, 0) is 24.6 Å². The number of sulfone groups is 1. The lowest BCUT2D eigenvalue weighted by atomic mass is 10.0. The van der Waals surface area contributed by atoms with E-state index in [9.17, 15) is 18.0 Å². The molecule has 2 amide bonds. The van der Waals surface area contributed by atoms with Crippen molar-refractivity contribution in [1.82, 2.24) is 9.80 Å². The van der Waals surface area contributed by atoms with E-state index in [1.807, 2.05) is 48.5 Å². The van der Waals surface area contributed by atoms with E-state index < -0.39 is 26.6 Å². The summed E-state index contributed by atoms with van der Waals surface area (Å²) >= 11 is 0. The lowest BCUT2D eigenvalue weighted by molar-refractivity contribution is -0.141. The van der Waals surface area contributed by atoms with Crippen LogP contribution >= 0.6 is 0 Å². The Balaban J connectivity index is 1.48. The van der Waals surface area contributed by atoms with Gasteiger partial charge in [0.1, 0.15) is 16.4 Å². The van der Waals surface area contributed by atoms with Crippen molar-refractivity contribution in [3.63, 3.8) is 0 Å². The molecule has 1 atom stereocenters. The Kier molecular flexibility index (Phi) is 5.75. The van der Waals surface area contributed by atoms with Gasteiger partial charge in [0.25, 0.3) is 5.91 Å². The maximum absolute atomic E-state index is 13.0. The van der Waals surface area contributed by atoms with E-state index in [2.05, 4.69) is 0 Å². The third-order valence-electron chi connectivity index (χ3n) is 6.13. The highest BCUT2D eigenvalue weighted by molar-refractivity contribution is 7.93. The summed E-state index contributed by atoms with van der Waals surface area (Å²) in [5.74, 6) is -0.421. The number of nitrogens with zero attached hydrogens (tertiary/aromatic N) is 2. The first kappa shape index (κ1) is 21.4. The molecular formula is C23H26N2O5S. The first-order valence-electron chi connectivity index (χ1n) is 10.4. The number of amides is 2. The Morgan fingerprint density at radius 3 is 2.23 bits per heavy atom. The van der Waals surface area contributed by atoms with Crippen LogP contribution in [0, 0.1) is 0 Å². The molecule has 0 bridgehead atoms. The normalized spacial score (nSPS) is 20.6. The number of piperidine rings is 1. The molecular weight excluding hydrogens is 416 g/mol. The van der Waals surface area contributed by atoms with Gasteiger partial charge in [-0.3, -0.25) is 9.59 Å². The predicted octanol–water partition coefficient (Wildman–Crippen LogP) is 2.23. The molecule has 2 aromatic rings. The molecule has 0 aliphatic carbocycles. The number of ether oxygens (including phenoxy) is 1. The smallest absolute Gasteiger partial charge is 0.263 e. The molecule has 2 fully saturated rings. The number of likely N-dealkylation sites (tertiary alicyclic amines) is 1. The lowest BCUT2D eigenvalue weighted by Gasteiger charge is -2.43. The van der Waals surface area contributed by atoms with E-state index in [-0.39, 0.29) is 44.3 Å². The average Bonchev–Trinajstić information content (AvgIpc) is 2.95.